The second-order valence-corrected chi connectivity index (χ2v) is 7.37. The highest BCUT2D eigenvalue weighted by Gasteiger charge is 2.40. The molecular weight excluding hydrogens is 455 g/mol. The number of alkyl halides is 3. The first kappa shape index (κ1) is 22.8. The average Bonchev–Trinajstić information content (AvgIpc) is 2.80. The van der Waals surface area contributed by atoms with E-state index in [1.165, 1.54) is 54.6 Å². The van der Waals surface area contributed by atoms with E-state index in [2.05, 4.69) is 0 Å². The van der Waals surface area contributed by atoms with Gasteiger partial charge in [0, 0.05) is 18.2 Å². The molecule has 0 saturated carbocycles. The van der Waals surface area contributed by atoms with Crippen molar-refractivity contribution in [1.82, 2.24) is 0 Å². The van der Waals surface area contributed by atoms with Crippen molar-refractivity contribution in [3.05, 3.63) is 104 Å². The Balaban J connectivity index is 1.66. The Morgan fingerprint density at radius 2 is 1.62 bits per heavy atom. The lowest BCUT2D eigenvalue weighted by molar-refractivity contribution is -0.384. The van der Waals surface area contributed by atoms with Gasteiger partial charge in [0.15, 0.2) is 0 Å². The molecule has 1 aromatic heterocycles. The second kappa shape index (κ2) is 8.89. The maximum atomic E-state index is 13.7. The van der Waals surface area contributed by atoms with E-state index >= 15 is 0 Å². The monoisotopic (exact) mass is 471 g/mol. The van der Waals surface area contributed by atoms with Crippen LogP contribution in [0.5, 0.6) is 17.2 Å². The Hall–Kier alpha value is -4.34. The number of benzene rings is 3. The average molecular weight is 471 g/mol. The summed E-state index contributed by atoms with van der Waals surface area (Å²) in [5.41, 5.74) is 0.0885. The third kappa shape index (κ3) is 4.85. The summed E-state index contributed by atoms with van der Waals surface area (Å²) in [6.07, 6.45) is -4.98. The maximum absolute atomic E-state index is 13.7. The van der Waals surface area contributed by atoms with Crippen LogP contribution in [0.1, 0.15) is 16.9 Å². The largest absolute Gasteiger partial charge is 0.489 e. The van der Waals surface area contributed by atoms with Crippen LogP contribution < -0.4 is 14.9 Å². The molecule has 0 fully saturated rings. The highest BCUT2D eigenvalue weighted by Crippen LogP contribution is 2.38. The van der Waals surface area contributed by atoms with Crippen molar-refractivity contribution >= 4 is 16.7 Å². The molecule has 0 atom stereocenters. The van der Waals surface area contributed by atoms with Crippen molar-refractivity contribution in [2.24, 2.45) is 0 Å². The Morgan fingerprint density at radius 1 is 0.971 bits per heavy atom. The zero-order valence-electron chi connectivity index (χ0n) is 17.6. The van der Waals surface area contributed by atoms with Gasteiger partial charge < -0.3 is 13.9 Å². The number of hydrogen-bond donors (Lipinski definition) is 0. The SMILES string of the molecule is Cc1ccc(Oc2c(C(F)(F)F)oc3cc(OCc4ccc([N+](=O)[O-])cc4)ccc3c2=O)cc1. The van der Waals surface area contributed by atoms with Gasteiger partial charge in [-0.1, -0.05) is 17.7 Å². The van der Waals surface area contributed by atoms with Crippen LogP contribution in [0.25, 0.3) is 11.0 Å². The van der Waals surface area contributed by atoms with E-state index in [1.807, 2.05) is 0 Å². The van der Waals surface area contributed by atoms with Crippen molar-refractivity contribution < 1.29 is 32.0 Å². The molecule has 0 saturated heterocycles. The standard InChI is InChI=1S/C24H16F3NO6/c1-14-2-8-17(9-3-14)33-22-21(29)19-11-10-18(12-20(19)34-23(22)24(25,26)27)32-13-15-4-6-16(7-5-15)28(30)31/h2-12H,13H2,1H3. The molecule has 0 aliphatic heterocycles. The molecule has 34 heavy (non-hydrogen) atoms. The van der Waals surface area contributed by atoms with Crippen molar-refractivity contribution in [3.63, 3.8) is 0 Å². The Labute approximate surface area is 190 Å². The predicted octanol–water partition coefficient (Wildman–Crippen LogP) is 6.40. The molecule has 0 spiro atoms. The number of nitro benzene ring substituents is 1. The summed E-state index contributed by atoms with van der Waals surface area (Å²) in [5.74, 6) is -2.30. The van der Waals surface area contributed by atoms with Crippen molar-refractivity contribution in [2.45, 2.75) is 19.7 Å². The molecule has 0 bridgehead atoms. The van der Waals surface area contributed by atoms with Crippen molar-refractivity contribution in [2.75, 3.05) is 0 Å². The predicted molar refractivity (Wildman–Crippen MR) is 116 cm³/mol. The summed E-state index contributed by atoms with van der Waals surface area (Å²) in [6.45, 7) is 1.80. The van der Waals surface area contributed by atoms with Crippen molar-refractivity contribution in [3.8, 4) is 17.2 Å². The lowest BCUT2D eigenvalue weighted by Crippen LogP contribution is -2.15. The summed E-state index contributed by atoms with van der Waals surface area (Å²) in [6, 6.07) is 15.7. The van der Waals surface area contributed by atoms with E-state index in [0.717, 1.165) is 5.56 Å². The molecule has 4 rings (SSSR count). The number of non-ortho nitro benzene ring substituents is 1. The molecule has 3 aromatic carbocycles. The van der Waals surface area contributed by atoms with E-state index in [9.17, 15) is 28.1 Å². The minimum atomic E-state index is -4.98. The van der Waals surface area contributed by atoms with Crippen LogP contribution in [0.15, 0.2) is 75.9 Å². The summed E-state index contributed by atoms with van der Waals surface area (Å²) in [5, 5.41) is 10.6. The quantitative estimate of drug-likeness (QED) is 0.239. The lowest BCUT2D eigenvalue weighted by atomic mass is 10.2. The smallest absolute Gasteiger partial charge is 0.453 e. The van der Waals surface area contributed by atoms with Gasteiger partial charge in [-0.3, -0.25) is 14.9 Å². The lowest BCUT2D eigenvalue weighted by Gasteiger charge is -2.14. The van der Waals surface area contributed by atoms with Gasteiger partial charge in [0.1, 0.15) is 23.7 Å². The van der Waals surface area contributed by atoms with Gasteiger partial charge in [-0.05, 0) is 48.9 Å². The summed E-state index contributed by atoms with van der Waals surface area (Å²) >= 11 is 0. The fraction of sp³-hybridized carbons (Fsp3) is 0.125. The maximum Gasteiger partial charge on any atom is 0.453 e. The second-order valence-electron chi connectivity index (χ2n) is 7.37. The first-order valence-corrected chi connectivity index (χ1v) is 9.90. The molecule has 0 aliphatic carbocycles. The molecular formula is C24H16F3NO6. The van der Waals surface area contributed by atoms with Gasteiger partial charge in [0.25, 0.3) is 11.4 Å². The molecule has 10 heteroatoms. The summed E-state index contributed by atoms with van der Waals surface area (Å²) < 4.78 is 57.0. The number of rotatable bonds is 6. The van der Waals surface area contributed by atoms with Crippen LogP contribution in [-0.4, -0.2) is 4.92 Å². The van der Waals surface area contributed by atoms with E-state index < -0.39 is 28.0 Å². The van der Waals surface area contributed by atoms with Crippen LogP contribution in [0.2, 0.25) is 0 Å². The molecule has 0 unspecified atom stereocenters. The minimum Gasteiger partial charge on any atom is -0.489 e. The topological polar surface area (TPSA) is 91.8 Å². The zero-order valence-corrected chi connectivity index (χ0v) is 17.6. The van der Waals surface area contributed by atoms with Gasteiger partial charge in [-0.15, -0.1) is 0 Å². The van der Waals surface area contributed by atoms with Crippen LogP contribution in [0.3, 0.4) is 0 Å². The number of halogens is 3. The molecule has 1 heterocycles. The molecule has 7 nitrogen and oxygen atoms in total. The Kier molecular flexibility index (Phi) is 5.97. The van der Waals surface area contributed by atoms with Gasteiger partial charge >= 0.3 is 6.18 Å². The van der Waals surface area contributed by atoms with Crippen LogP contribution in [0.4, 0.5) is 18.9 Å². The van der Waals surface area contributed by atoms with E-state index in [0.29, 0.717) is 5.56 Å². The highest BCUT2D eigenvalue weighted by atomic mass is 19.4. The third-order valence-corrected chi connectivity index (χ3v) is 4.87. The Bertz CT molecular complexity index is 1410. The normalized spacial score (nSPS) is 11.4. The van der Waals surface area contributed by atoms with E-state index in [4.69, 9.17) is 13.9 Å². The van der Waals surface area contributed by atoms with Crippen LogP contribution in [-0.2, 0) is 12.8 Å². The first-order valence-electron chi connectivity index (χ1n) is 9.90. The van der Waals surface area contributed by atoms with Gasteiger partial charge in [0.2, 0.25) is 11.2 Å². The summed E-state index contributed by atoms with van der Waals surface area (Å²) in [4.78, 5) is 23.1. The van der Waals surface area contributed by atoms with Crippen LogP contribution in [0, 0.1) is 17.0 Å². The molecule has 0 aliphatic rings. The molecule has 174 valence electrons. The number of fused-ring (bicyclic) bond motifs is 1. The number of nitro groups is 1. The molecule has 0 radical (unpaired) electrons. The number of aryl methyl sites for hydroxylation is 1. The number of nitrogens with zero attached hydrogens (tertiary/aromatic N) is 1. The fourth-order valence-electron chi connectivity index (χ4n) is 3.13. The molecule has 4 aromatic rings. The number of hydrogen-bond acceptors (Lipinski definition) is 6. The van der Waals surface area contributed by atoms with Gasteiger partial charge in [0.05, 0.1) is 10.3 Å². The van der Waals surface area contributed by atoms with Gasteiger partial charge in [-0.25, -0.2) is 0 Å². The van der Waals surface area contributed by atoms with Crippen LogP contribution >= 0.6 is 0 Å². The highest BCUT2D eigenvalue weighted by molar-refractivity contribution is 5.79. The fourth-order valence-corrected chi connectivity index (χ4v) is 3.13. The minimum absolute atomic E-state index is 0.00548. The molecule has 0 N–H and O–H groups in total. The summed E-state index contributed by atoms with van der Waals surface area (Å²) in [7, 11) is 0. The van der Waals surface area contributed by atoms with Crippen molar-refractivity contribution in [1.29, 1.82) is 0 Å². The van der Waals surface area contributed by atoms with Gasteiger partial charge in [-0.2, -0.15) is 13.2 Å². The van der Waals surface area contributed by atoms with E-state index in [1.54, 1.807) is 19.1 Å². The first-order chi connectivity index (χ1) is 16.1. The third-order valence-electron chi connectivity index (χ3n) is 4.87. The molecule has 0 amide bonds. The number of ether oxygens (including phenoxy) is 2. The Morgan fingerprint density at radius 3 is 2.24 bits per heavy atom. The van der Waals surface area contributed by atoms with E-state index in [-0.39, 0.29) is 34.8 Å². The zero-order chi connectivity index (χ0) is 24.5.